The Hall–Kier alpha value is -2.64. The summed E-state index contributed by atoms with van der Waals surface area (Å²) in [5.74, 6) is 0.361. The zero-order valence-corrected chi connectivity index (χ0v) is 13.0. The highest BCUT2D eigenvalue weighted by Gasteiger charge is 2.14. The summed E-state index contributed by atoms with van der Waals surface area (Å²) >= 11 is 0. The number of oxazole rings is 1. The number of hydrogen-bond donors (Lipinski definition) is 2. The summed E-state index contributed by atoms with van der Waals surface area (Å²) in [6.45, 7) is 1.93. The van der Waals surface area contributed by atoms with E-state index < -0.39 is 10.3 Å². The summed E-state index contributed by atoms with van der Waals surface area (Å²) in [7, 11) is -4.41. The molecule has 6 nitrogen and oxygen atoms in total. The van der Waals surface area contributed by atoms with Crippen molar-refractivity contribution in [2.45, 2.75) is 6.92 Å². The number of anilines is 1. The molecule has 0 aliphatic rings. The van der Waals surface area contributed by atoms with Crippen LogP contribution in [0.15, 0.2) is 59.3 Å². The molecule has 2 N–H and O–H groups in total. The fraction of sp³-hybridized carbons (Fsp3) is 0.0625. The first-order chi connectivity index (χ1) is 10.9. The molecule has 0 saturated heterocycles. The van der Waals surface area contributed by atoms with Crippen LogP contribution in [0.1, 0.15) is 5.56 Å². The van der Waals surface area contributed by atoms with Crippen LogP contribution in [0.25, 0.3) is 22.6 Å². The van der Waals surface area contributed by atoms with Crippen molar-refractivity contribution >= 4 is 16.0 Å². The second kappa shape index (κ2) is 5.86. The maximum Gasteiger partial charge on any atom is 0.357 e. The Kier molecular flexibility index (Phi) is 3.89. The molecule has 0 spiro atoms. The summed E-state index contributed by atoms with van der Waals surface area (Å²) in [5.41, 5.74) is 3.33. The molecule has 0 unspecified atom stereocenters. The number of nitrogens with one attached hydrogen (secondary N) is 1. The van der Waals surface area contributed by atoms with Gasteiger partial charge in [-0.25, -0.2) is 4.98 Å². The average Bonchev–Trinajstić information content (AvgIpc) is 3.01. The van der Waals surface area contributed by atoms with Gasteiger partial charge in [-0.3, -0.25) is 9.27 Å². The number of benzene rings is 2. The smallest absolute Gasteiger partial charge is 0.357 e. The normalized spacial score (nSPS) is 11.4. The fourth-order valence-corrected chi connectivity index (χ4v) is 2.82. The Morgan fingerprint density at radius 1 is 1.13 bits per heavy atom. The van der Waals surface area contributed by atoms with Crippen LogP contribution in [0.2, 0.25) is 0 Å². The lowest BCUT2D eigenvalue weighted by atomic mass is 9.98. The molecule has 0 saturated carbocycles. The molecule has 3 aromatic rings. The second-order valence-corrected chi connectivity index (χ2v) is 6.14. The summed E-state index contributed by atoms with van der Waals surface area (Å²) in [6, 6.07) is 12.7. The van der Waals surface area contributed by atoms with Gasteiger partial charge < -0.3 is 4.42 Å². The van der Waals surface area contributed by atoms with Gasteiger partial charge in [0.1, 0.15) is 6.26 Å². The first-order valence-corrected chi connectivity index (χ1v) is 8.23. The summed E-state index contributed by atoms with van der Waals surface area (Å²) < 4.78 is 39.1. The molecule has 3 rings (SSSR count). The van der Waals surface area contributed by atoms with Gasteiger partial charge in [0.05, 0.1) is 11.9 Å². The highest BCUT2D eigenvalue weighted by atomic mass is 32.2. The summed E-state index contributed by atoms with van der Waals surface area (Å²) in [4.78, 5) is 4.04. The van der Waals surface area contributed by atoms with Crippen molar-refractivity contribution < 1.29 is 17.4 Å². The molecule has 0 fully saturated rings. The van der Waals surface area contributed by atoms with E-state index >= 15 is 0 Å². The highest BCUT2D eigenvalue weighted by Crippen LogP contribution is 2.34. The first kappa shape index (κ1) is 15.3. The molecule has 23 heavy (non-hydrogen) atoms. The largest absolute Gasteiger partial charge is 0.445 e. The Labute approximate surface area is 133 Å². The quantitative estimate of drug-likeness (QED) is 0.714. The first-order valence-electron chi connectivity index (χ1n) is 6.79. The SMILES string of the molecule is Cc1ccccc1-c1ccc(-c2ncco2)cc1NS(=O)(=O)O. The lowest BCUT2D eigenvalue weighted by Gasteiger charge is -2.13. The number of hydrogen-bond acceptors (Lipinski definition) is 4. The van der Waals surface area contributed by atoms with Crippen molar-refractivity contribution in [3.8, 4) is 22.6 Å². The van der Waals surface area contributed by atoms with Crippen LogP contribution in [0.3, 0.4) is 0 Å². The minimum atomic E-state index is -4.41. The highest BCUT2D eigenvalue weighted by molar-refractivity contribution is 7.87. The molecule has 118 valence electrons. The van der Waals surface area contributed by atoms with Crippen LogP contribution in [-0.2, 0) is 10.3 Å². The fourth-order valence-electron chi connectivity index (χ4n) is 2.38. The third-order valence-electron chi connectivity index (χ3n) is 3.37. The van der Waals surface area contributed by atoms with Crippen molar-refractivity contribution in [2.24, 2.45) is 0 Å². The zero-order valence-electron chi connectivity index (χ0n) is 12.2. The van der Waals surface area contributed by atoms with E-state index in [-0.39, 0.29) is 5.69 Å². The van der Waals surface area contributed by atoms with Gasteiger partial charge in [-0.2, -0.15) is 8.42 Å². The Morgan fingerprint density at radius 3 is 2.57 bits per heavy atom. The molecule has 0 amide bonds. The number of nitrogens with zero attached hydrogens (tertiary/aromatic N) is 1. The lowest BCUT2D eigenvalue weighted by Crippen LogP contribution is -2.11. The van der Waals surface area contributed by atoms with Gasteiger partial charge in [0.25, 0.3) is 0 Å². The van der Waals surface area contributed by atoms with Crippen molar-refractivity contribution in [3.05, 3.63) is 60.5 Å². The second-order valence-electron chi connectivity index (χ2n) is 4.99. The lowest BCUT2D eigenvalue weighted by molar-refractivity contribution is 0.489. The molecule has 7 heteroatoms. The minimum Gasteiger partial charge on any atom is -0.445 e. The molecule has 1 aromatic heterocycles. The number of rotatable bonds is 4. The molecule has 0 bridgehead atoms. The standard InChI is InChI=1S/C16H14N2O4S/c1-11-4-2-3-5-13(11)14-7-6-12(16-17-8-9-22-16)10-15(14)18-23(19,20)21/h2-10,18H,1H3,(H,19,20,21). The Morgan fingerprint density at radius 2 is 1.91 bits per heavy atom. The molecule has 0 atom stereocenters. The van der Waals surface area contributed by atoms with Gasteiger partial charge in [0, 0.05) is 11.1 Å². The Balaban J connectivity index is 2.17. The average molecular weight is 330 g/mol. The van der Waals surface area contributed by atoms with Crippen molar-refractivity contribution in [1.29, 1.82) is 0 Å². The topological polar surface area (TPSA) is 92.4 Å². The van der Waals surface area contributed by atoms with Crippen LogP contribution in [0.5, 0.6) is 0 Å². The molecular formula is C16H14N2O4S. The molecule has 0 aliphatic heterocycles. The molecule has 0 radical (unpaired) electrons. The van der Waals surface area contributed by atoms with Gasteiger partial charge in [-0.1, -0.05) is 30.3 Å². The monoisotopic (exact) mass is 330 g/mol. The van der Waals surface area contributed by atoms with E-state index in [0.717, 1.165) is 11.1 Å². The van der Waals surface area contributed by atoms with E-state index in [9.17, 15) is 8.42 Å². The van der Waals surface area contributed by atoms with Gasteiger partial charge in [-0.15, -0.1) is 0 Å². The van der Waals surface area contributed by atoms with E-state index in [4.69, 9.17) is 8.97 Å². The third kappa shape index (κ3) is 3.41. The van der Waals surface area contributed by atoms with Gasteiger partial charge >= 0.3 is 10.3 Å². The van der Waals surface area contributed by atoms with Crippen LogP contribution in [0.4, 0.5) is 5.69 Å². The predicted octanol–water partition coefficient (Wildman–Crippen LogP) is 3.53. The van der Waals surface area contributed by atoms with E-state index in [1.165, 1.54) is 12.5 Å². The third-order valence-corrected chi connectivity index (χ3v) is 3.85. The van der Waals surface area contributed by atoms with Crippen LogP contribution >= 0.6 is 0 Å². The molecule has 2 aromatic carbocycles. The van der Waals surface area contributed by atoms with Crippen LogP contribution < -0.4 is 4.72 Å². The van der Waals surface area contributed by atoms with Crippen molar-refractivity contribution in [2.75, 3.05) is 4.72 Å². The number of aryl methyl sites for hydroxylation is 1. The summed E-state index contributed by atoms with van der Waals surface area (Å²) in [5, 5.41) is 0. The van der Waals surface area contributed by atoms with E-state index in [1.54, 1.807) is 18.2 Å². The van der Waals surface area contributed by atoms with E-state index in [2.05, 4.69) is 9.71 Å². The van der Waals surface area contributed by atoms with Crippen molar-refractivity contribution in [3.63, 3.8) is 0 Å². The van der Waals surface area contributed by atoms with Crippen molar-refractivity contribution in [1.82, 2.24) is 4.98 Å². The maximum absolute atomic E-state index is 11.3. The maximum atomic E-state index is 11.3. The van der Waals surface area contributed by atoms with Gasteiger partial charge in [0.2, 0.25) is 5.89 Å². The minimum absolute atomic E-state index is 0.248. The summed E-state index contributed by atoms with van der Waals surface area (Å²) in [6.07, 6.45) is 2.93. The predicted molar refractivity (Wildman–Crippen MR) is 87.3 cm³/mol. The Bertz CT molecular complexity index is 934. The molecular weight excluding hydrogens is 316 g/mol. The van der Waals surface area contributed by atoms with Crippen LogP contribution in [0, 0.1) is 6.92 Å². The number of aromatic nitrogens is 1. The van der Waals surface area contributed by atoms with Gasteiger partial charge in [-0.05, 0) is 30.2 Å². The molecule has 0 aliphatic carbocycles. The molecule has 1 heterocycles. The van der Waals surface area contributed by atoms with Crippen LogP contribution in [-0.4, -0.2) is 18.0 Å². The zero-order chi connectivity index (χ0) is 16.4. The van der Waals surface area contributed by atoms with E-state index in [0.29, 0.717) is 17.0 Å². The van der Waals surface area contributed by atoms with E-state index in [1.807, 2.05) is 31.2 Å². The van der Waals surface area contributed by atoms with Gasteiger partial charge in [0.15, 0.2) is 0 Å².